The number of para-hydroxylation sites is 2. The normalized spacial score (nSPS) is 11.4. The van der Waals surface area contributed by atoms with Crippen LogP contribution in [0.4, 0.5) is 17.1 Å². The Hall–Kier alpha value is -7.68. The SMILES string of the molecule is c1ccc(-c2ccc(N(c3ccc(-n4c5ccccc5c5ccccc54)cc3)c3cccc(-c4ccc5ccccc5c4)c3-c3ccc4ccccc4c3)cc2)cc1. The highest BCUT2D eigenvalue weighted by atomic mass is 15.1. The zero-order chi connectivity index (χ0) is 38.4. The van der Waals surface area contributed by atoms with Crippen LogP contribution in [0.25, 0.3) is 82.4 Å². The van der Waals surface area contributed by atoms with Crippen molar-refractivity contribution in [1.29, 1.82) is 0 Å². The van der Waals surface area contributed by atoms with E-state index in [0.717, 1.165) is 22.7 Å². The lowest BCUT2D eigenvalue weighted by molar-refractivity contribution is 1.17. The third kappa shape index (κ3) is 5.82. The van der Waals surface area contributed by atoms with Gasteiger partial charge in [-0.3, -0.25) is 0 Å². The largest absolute Gasteiger partial charge is 0.310 e. The van der Waals surface area contributed by atoms with Crippen molar-refractivity contribution in [2.75, 3.05) is 4.90 Å². The van der Waals surface area contributed by atoms with Crippen molar-refractivity contribution in [2.24, 2.45) is 0 Å². The van der Waals surface area contributed by atoms with Crippen molar-refractivity contribution in [3.8, 4) is 39.1 Å². The van der Waals surface area contributed by atoms with Gasteiger partial charge in [-0.05, 0) is 116 Å². The molecular formula is C56H38N2. The van der Waals surface area contributed by atoms with E-state index in [9.17, 15) is 0 Å². The van der Waals surface area contributed by atoms with Crippen molar-refractivity contribution in [3.63, 3.8) is 0 Å². The average molecular weight is 739 g/mol. The van der Waals surface area contributed by atoms with Crippen molar-refractivity contribution < 1.29 is 0 Å². The summed E-state index contributed by atoms with van der Waals surface area (Å²) in [7, 11) is 0. The molecule has 0 amide bonds. The molecule has 0 fully saturated rings. The predicted molar refractivity (Wildman–Crippen MR) is 247 cm³/mol. The number of hydrogen-bond acceptors (Lipinski definition) is 1. The second-order valence-electron chi connectivity index (χ2n) is 15.0. The van der Waals surface area contributed by atoms with Crippen LogP contribution in [-0.2, 0) is 0 Å². The van der Waals surface area contributed by atoms with Crippen LogP contribution >= 0.6 is 0 Å². The summed E-state index contributed by atoms with van der Waals surface area (Å²) in [6.07, 6.45) is 0. The zero-order valence-corrected chi connectivity index (χ0v) is 31.8. The molecule has 0 unspecified atom stereocenters. The highest BCUT2D eigenvalue weighted by molar-refractivity contribution is 6.09. The Bertz CT molecular complexity index is 3210. The fraction of sp³-hybridized carbons (Fsp3) is 0. The van der Waals surface area contributed by atoms with Crippen LogP contribution in [0.15, 0.2) is 231 Å². The highest BCUT2D eigenvalue weighted by Gasteiger charge is 2.22. The Morgan fingerprint density at radius 1 is 0.310 bits per heavy atom. The first-order valence-corrected chi connectivity index (χ1v) is 19.9. The van der Waals surface area contributed by atoms with Crippen molar-refractivity contribution >= 4 is 60.4 Å². The van der Waals surface area contributed by atoms with Crippen LogP contribution in [0.5, 0.6) is 0 Å². The molecule has 2 heteroatoms. The smallest absolute Gasteiger partial charge is 0.0546 e. The van der Waals surface area contributed by atoms with Gasteiger partial charge in [0.15, 0.2) is 0 Å². The van der Waals surface area contributed by atoms with Gasteiger partial charge < -0.3 is 9.47 Å². The first kappa shape index (κ1) is 33.6. The molecule has 0 aliphatic rings. The number of benzene rings is 10. The zero-order valence-electron chi connectivity index (χ0n) is 31.8. The first-order chi connectivity index (χ1) is 28.8. The van der Waals surface area contributed by atoms with Gasteiger partial charge in [0.1, 0.15) is 0 Å². The van der Waals surface area contributed by atoms with E-state index in [-0.39, 0.29) is 0 Å². The second-order valence-corrected chi connectivity index (χ2v) is 15.0. The van der Waals surface area contributed by atoms with Gasteiger partial charge >= 0.3 is 0 Å². The predicted octanol–water partition coefficient (Wildman–Crippen LogP) is 15.6. The standard InChI is InChI=1S/C56H38N2/c1-2-13-39(14-3-1)42-29-31-47(32-30-42)57(48-33-35-49(36-34-48)58-53-22-10-8-19-51(53)52-20-9-11-23-54(52)58)55-24-12-21-50(45-27-25-40-15-4-6-17-43(40)37-45)56(55)46-28-26-41-16-5-7-18-44(41)38-46/h1-38H. The second kappa shape index (κ2) is 14.1. The van der Waals surface area contributed by atoms with Crippen molar-refractivity contribution in [1.82, 2.24) is 4.57 Å². The lowest BCUT2D eigenvalue weighted by Gasteiger charge is -2.30. The minimum atomic E-state index is 1.08. The molecule has 0 saturated heterocycles. The van der Waals surface area contributed by atoms with Crippen LogP contribution in [0, 0.1) is 0 Å². The molecule has 0 N–H and O–H groups in total. The van der Waals surface area contributed by atoms with Crippen LogP contribution < -0.4 is 4.90 Å². The molecule has 0 aliphatic heterocycles. The third-order valence-electron chi connectivity index (χ3n) is 11.6. The van der Waals surface area contributed by atoms with E-state index in [0.29, 0.717) is 0 Å². The van der Waals surface area contributed by atoms with Gasteiger partial charge in [-0.2, -0.15) is 0 Å². The quantitative estimate of drug-likeness (QED) is 0.158. The Labute approximate surface area is 338 Å². The maximum Gasteiger partial charge on any atom is 0.0546 e. The fourth-order valence-electron chi connectivity index (χ4n) is 8.78. The summed E-state index contributed by atoms with van der Waals surface area (Å²) in [6, 6.07) is 83.9. The maximum absolute atomic E-state index is 2.43. The number of anilines is 3. The number of rotatable bonds is 7. The minimum Gasteiger partial charge on any atom is -0.310 e. The molecule has 2 nitrogen and oxygen atoms in total. The van der Waals surface area contributed by atoms with E-state index in [2.05, 4.69) is 240 Å². The van der Waals surface area contributed by atoms with Gasteiger partial charge in [0.2, 0.25) is 0 Å². The van der Waals surface area contributed by atoms with Crippen LogP contribution in [0.1, 0.15) is 0 Å². The summed E-state index contributed by atoms with van der Waals surface area (Å²) in [5, 5.41) is 7.42. The molecule has 0 radical (unpaired) electrons. The van der Waals surface area contributed by atoms with Gasteiger partial charge in [-0.25, -0.2) is 0 Å². The fourth-order valence-corrected chi connectivity index (χ4v) is 8.78. The Kier molecular flexibility index (Phi) is 8.19. The lowest BCUT2D eigenvalue weighted by Crippen LogP contribution is -2.12. The Morgan fingerprint density at radius 3 is 1.43 bits per heavy atom. The van der Waals surface area contributed by atoms with Crippen LogP contribution in [0.2, 0.25) is 0 Å². The average Bonchev–Trinajstić information content (AvgIpc) is 3.64. The molecule has 0 atom stereocenters. The minimum absolute atomic E-state index is 1.08. The molecule has 0 aliphatic carbocycles. The number of aromatic nitrogens is 1. The van der Waals surface area contributed by atoms with Crippen LogP contribution in [0.3, 0.4) is 0 Å². The molecule has 0 saturated carbocycles. The topological polar surface area (TPSA) is 8.17 Å². The van der Waals surface area contributed by atoms with Crippen molar-refractivity contribution in [2.45, 2.75) is 0 Å². The third-order valence-corrected chi connectivity index (χ3v) is 11.6. The van der Waals surface area contributed by atoms with E-state index >= 15 is 0 Å². The molecule has 58 heavy (non-hydrogen) atoms. The van der Waals surface area contributed by atoms with E-state index in [1.807, 2.05) is 0 Å². The van der Waals surface area contributed by atoms with Gasteiger partial charge in [0.05, 0.1) is 16.7 Å². The number of nitrogens with zero attached hydrogens (tertiary/aromatic N) is 2. The van der Waals surface area contributed by atoms with Crippen LogP contribution in [-0.4, -0.2) is 4.57 Å². The molecule has 11 aromatic rings. The lowest BCUT2D eigenvalue weighted by atomic mass is 9.90. The molecule has 1 heterocycles. The van der Waals surface area contributed by atoms with Gasteiger partial charge in [0, 0.05) is 33.4 Å². The number of fused-ring (bicyclic) bond motifs is 5. The van der Waals surface area contributed by atoms with Crippen molar-refractivity contribution in [3.05, 3.63) is 231 Å². The maximum atomic E-state index is 2.43. The first-order valence-electron chi connectivity index (χ1n) is 19.9. The van der Waals surface area contributed by atoms with Gasteiger partial charge in [0.25, 0.3) is 0 Å². The number of hydrogen-bond donors (Lipinski definition) is 0. The molecule has 11 rings (SSSR count). The summed E-state index contributed by atoms with van der Waals surface area (Å²) in [5.74, 6) is 0. The molecule has 0 bridgehead atoms. The van der Waals surface area contributed by atoms with Gasteiger partial charge in [-0.15, -0.1) is 0 Å². The van der Waals surface area contributed by atoms with E-state index in [4.69, 9.17) is 0 Å². The van der Waals surface area contributed by atoms with Gasteiger partial charge in [-0.1, -0.05) is 164 Å². The summed E-state index contributed by atoms with van der Waals surface area (Å²) in [4.78, 5) is 2.43. The molecule has 1 aromatic heterocycles. The summed E-state index contributed by atoms with van der Waals surface area (Å²) in [6.45, 7) is 0. The summed E-state index contributed by atoms with van der Waals surface area (Å²) in [5.41, 5.74) is 13.9. The molecule has 10 aromatic carbocycles. The molecule has 0 spiro atoms. The highest BCUT2D eigenvalue weighted by Crippen LogP contribution is 2.47. The van der Waals surface area contributed by atoms with E-state index in [1.165, 1.54) is 76.7 Å². The molecule has 272 valence electrons. The molecular weight excluding hydrogens is 701 g/mol. The summed E-state index contributed by atoms with van der Waals surface area (Å²) >= 11 is 0. The van der Waals surface area contributed by atoms with E-state index in [1.54, 1.807) is 0 Å². The Morgan fingerprint density at radius 2 is 0.793 bits per heavy atom. The van der Waals surface area contributed by atoms with E-state index < -0.39 is 0 Å². The monoisotopic (exact) mass is 738 g/mol. The Balaban J connectivity index is 1.14. The summed E-state index contributed by atoms with van der Waals surface area (Å²) < 4.78 is 2.38.